The van der Waals surface area contributed by atoms with E-state index in [2.05, 4.69) is 10.0 Å². The second-order valence-electron chi connectivity index (χ2n) is 5.96. The van der Waals surface area contributed by atoms with Crippen LogP contribution in [-0.2, 0) is 10.0 Å². The zero-order valence-electron chi connectivity index (χ0n) is 13.5. The molecule has 1 aliphatic rings. The number of benzene rings is 2. The summed E-state index contributed by atoms with van der Waals surface area (Å²) in [5.41, 5.74) is 0.634. The van der Waals surface area contributed by atoms with Gasteiger partial charge in [0.15, 0.2) is 4.90 Å². The average Bonchev–Trinajstić information content (AvgIpc) is 2.62. The lowest BCUT2D eigenvalue weighted by molar-refractivity contribution is -0.387. The van der Waals surface area contributed by atoms with Gasteiger partial charge in [0.2, 0.25) is 10.0 Å². The van der Waals surface area contributed by atoms with Gasteiger partial charge in [-0.15, -0.1) is 0 Å². The van der Waals surface area contributed by atoms with Crippen molar-refractivity contribution in [3.8, 4) is 0 Å². The average molecular weight is 361 g/mol. The molecule has 0 saturated carbocycles. The summed E-state index contributed by atoms with van der Waals surface area (Å²) >= 11 is 0. The molecule has 2 N–H and O–H groups in total. The van der Waals surface area contributed by atoms with E-state index in [0.29, 0.717) is 6.54 Å². The highest BCUT2D eigenvalue weighted by Gasteiger charge is 2.33. The summed E-state index contributed by atoms with van der Waals surface area (Å²) in [6.07, 6.45) is 0.786. The molecule has 0 amide bonds. The molecule has 0 aromatic heterocycles. The molecule has 1 aliphatic heterocycles. The Hall–Kier alpha value is -2.29. The number of nitro benzene ring substituents is 1. The first kappa shape index (κ1) is 17.5. The predicted molar refractivity (Wildman–Crippen MR) is 93.9 cm³/mol. The molecular formula is C17H19N3O4S. The Morgan fingerprint density at radius 1 is 1.08 bits per heavy atom. The van der Waals surface area contributed by atoms with Crippen molar-refractivity contribution in [2.75, 3.05) is 13.1 Å². The van der Waals surface area contributed by atoms with Gasteiger partial charge in [-0.2, -0.15) is 0 Å². The molecule has 7 nitrogen and oxygen atoms in total. The Kier molecular flexibility index (Phi) is 5.12. The van der Waals surface area contributed by atoms with Crippen molar-refractivity contribution in [2.24, 2.45) is 0 Å². The van der Waals surface area contributed by atoms with Gasteiger partial charge in [0, 0.05) is 24.6 Å². The Labute approximate surface area is 146 Å². The van der Waals surface area contributed by atoms with Crippen LogP contribution in [0, 0.1) is 10.1 Å². The lowest BCUT2D eigenvalue weighted by Crippen LogP contribution is -2.49. The highest BCUT2D eigenvalue weighted by Crippen LogP contribution is 2.28. The monoisotopic (exact) mass is 361 g/mol. The van der Waals surface area contributed by atoms with E-state index in [1.54, 1.807) is 0 Å². The van der Waals surface area contributed by atoms with Crippen LogP contribution in [0.2, 0.25) is 0 Å². The molecule has 0 radical (unpaired) electrons. The number of rotatable bonds is 5. The van der Waals surface area contributed by atoms with Gasteiger partial charge in [-0.1, -0.05) is 42.5 Å². The number of para-hydroxylation sites is 1. The maximum absolute atomic E-state index is 12.8. The van der Waals surface area contributed by atoms with E-state index in [1.165, 1.54) is 24.3 Å². The van der Waals surface area contributed by atoms with Gasteiger partial charge < -0.3 is 5.32 Å². The summed E-state index contributed by atoms with van der Waals surface area (Å²) in [6.45, 7) is 1.27. The van der Waals surface area contributed by atoms with Crippen molar-refractivity contribution in [1.82, 2.24) is 10.0 Å². The number of nitrogens with zero attached hydrogens (tertiary/aromatic N) is 1. The van der Waals surface area contributed by atoms with Gasteiger partial charge in [0.1, 0.15) is 0 Å². The largest absolute Gasteiger partial charge is 0.315 e. The van der Waals surface area contributed by atoms with Crippen LogP contribution in [0.25, 0.3) is 0 Å². The van der Waals surface area contributed by atoms with Crippen molar-refractivity contribution >= 4 is 15.7 Å². The van der Waals surface area contributed by atoms with Gasteiger partial charge in [-0.05, 0) is 24.6 Å². The molecule has 8 heteroatoms. The standard InChI is InChI=1S/C17H19N3O4S/c21-20(22)16-8-4-5-9-17(16)25(23,24)19-15-12-18-11-10-14(15)13-6-2-1-3-7-13/h1-9,14-15,18-19H,10-12H2/t14-,15-/m1/s1. The quantitative estimate of drug-likeness (QED) is 0.627. The van der Waals surface area contributed by atoms with Gasteiger partial charge in [0.05, 0.1) is 4.92 Å². The van der Waals surface area contributed by atoms with Crippen molar-refractivity contribution in [1.29, 1.82) is 0 Å². The third-order valence-electron chi connectivity index (χ3n) is 4.37. The molecule has 0 aliphatic carbocycles. The van der Waals surface area contributed by atoms with E-state index in [0.717, 1.165) is 18.5 Å². The molecule has 1 fully saturated rings. The molecular weight excluding hydrogens is 342 g/mol. The molecule has 25 heavy (non-hydrogen) atoms. The third kappa shape index (κ3) is 3.87. The number of nitrogens with one attached hydrogen (secondary N) is 2. The molecule has 3 rings (SSSR count). The van der Waals surface area contributed by atoms with Gasteiger partial charge in [-0.25, -0.2) is 13.1 Å². The maximum Gasteiger partial charge on any atom is 0.289 e. The van der Waals surface area contributed by atoms with Crippen LogP contribution in [0.5, 0.6) is 0 Å². The zero-order valence-corrected chi connectivity index (χ0v) is 14.3. The van der Waals surface area contributed by atoms with Crippen molar-refractivity contribution < 1.29 is 13.3 Å². The first-order valence-electron chi connectivity index (χ1n) is 8.00. The maximum atomic E-state index is 12.8. The summed E-state index contributed by atoms with van der Waals surface area (Å²) < 4.78 is 28.2. The molecule has 0 spiro atoms. The second-order valence-corrected chi connectivity index (χ2v) is 7.64. The minimum atomic E-state index is -4.01. The SMILES string of the molecule is O=[N+]([O-])c1ccccc1S(=O)(=O)N[C@@H]1CNCC[C@@H]1c1ccccc1. The molecule has 2 aromatic rings. The van der Waals surface area contributed by atoms with Crippen LogP contribution in [0.15, 0.2) is 59.5 Å². The van der Waals surface area contributed by atoms with Crippen molar-refractivity contribution in [3.05, 3.63) is 70.3 Å². The first-order chi connectivity index (χ1) is 12.0. The summed E-state index contributed by atoms with van der Waals surface area (Å²) in [5, 5.41) is 14.3. The molecule has 132 valence electrons. The molecule has 0 unspecified atom stereocenters. The molecule has 1 heterocycles. The summed E-state index contributed by atoms with van der Waals surface area (Å²) in [5.74, 6) is 0.0139. The normalized spacial score (nSPS) is 21.0. The topological polar surface area (TPSA) is 101 Å². The molecule has 1 saturated heterocycles. The highest BCUT2D eigenvalue weighted by atomic mass is 32.2. The van der Waals surface area contributed by atoms with E-state index >= 15 is 0 Å². The van der Waals surface area contributed by atoms with Gasteiger partial charge in [-0.3, -0.25) is 10.1 Å². The molecule has 0 bridgehead atoms. The van der Waals surface area contributed by atoms with E-state index < -0.39 is 20.6 Å². The summed E-state index contributed by atoms with van der Waals surface area (Å²) in [6, 6.07) is 14.7. The van der Waals surface area contributed by atoms with E-state index in [-0.39, 0.29) is 16.9 Å². The van der Waals surface area contributed by atoms with E-state index in [1.807, 2.05) is 30.3 Å². The highest BCUT2D eigenvalue weighted by molar-refractivity contribution is 7.89. The van der Waals surface area contributed by atoms with Crippen LogP contribution in [0.4, 0.5) is 5.69 Å². The van der Waals surface area contributed by atoms with Gasteiger partial charge >= 0.3 is 0 Å². The van der Waals surface area contributed by atoms with Crippen molar-refractivity contribution in [3.63, 3.8) is 0 Å². The lowest BCUT2D eigenvalue weighted by Gasteiger charge is -2.32. The fourth-order valence-electron chi connectivity index (χ4n) is 3.18. The predicted octanol–water partition coefficient (Wildman–Crippen LogP) is 2.02. The minimum Gasteiger partial charge on any atom is -0.315 e. The minimum absolute atomic E-state index is 0.0139. The lowest BCUT2D eigenvalue weighted by atomic mass is 9.87. The van der Waals surface area contributed by atoms with Crippen LogP contribution in [-0.4, -0.2) is 32.5 Å². The van der Waals surface area contributed by atoms with Crippen molar-refractivity contribution in [2.45, 2.75) is 23.3 Å². The Bertz CT molecular complexity index is 855. The second kappa shape index (κ2) is 7.30. The van der Waals surface area contributed by atoms with E-state index in [4.69, 9.17) is 0 Å². The Morgan fingerprint density at radius 2 is 1.76 bits per heavy atom. The zero-order chi connectivity index (χ0) is 17.9. The Balaban J connectivity index is 1.90. The smallest absolute Gasteiger partial charge is 0.289 e. The van der Waals surface area contributed by atoms with Crippen LogP contribution in [0.3, 0.4) is 0 Å². The number of hydrogen-bond donors (Lipinski definition) is 2. The summed E-state index contributed by atoms with van der Waals surface area (Å²) in [4.78, 5) is 10.2. The fraction of sp³-hybridized carbons (Fsp3) is 0.294. The van der Waals surface area contributed by atoms with E-state index in [9.17, 15) is 18.5 Å². The van der Waals surface area contributed by atoms with Crippen LogP contribution >= 0.6 is 0 Å². The fourth-order valence-corrected chi connectivity index (χ4v) is 4.63. The van der Waals surface area contributed by atoms with Crippen LogP contribution in [0.1, 0.15) is 17.9 Å². The first-order valence-corrected chi connectivity index (χ1v) is 9.49. The number of piperidine rings is 1. The molecule has 2 aromatic carbocycles. The number of nitro groups is 1. The summed E-state index contributed by atoms with van der Waals surface area (Å²) in [7, 11) is -4.01. The third-order valence-corrected chi connectivity index (χ3v) is 5.91. The number of hydrogen-bond acceptors (Lipinski definition) is 5. The number of sulfonamides is 1. The van der Waals surface area contributed by atoms with Crippen LogP contribution < -0.4 is 10.0 Å². The van der Waals surface area contributed by atoms with Gasteiger partial charge in [0.25, 0.3) is 5.69 Å². The Morgan fingerprint density at radius 3 is 2.48 bits per heavy atom. The molecule has 2 atom stereocenters.